The van der Waals surface area contributed by atoms with Crippen LogP contribution in [0.3, 0.4) is 0 Å². The minimum absolute atomic E-state index is 0.00333. The molecule has 7 nitrogen and oxygen atoms in total. The predicted octanol–water partition coefficient (Wildman–Crippen LogP) is 2.12. The molecule has 1 saturated heterocycles. The molecule has 0 spiro atoms. The van der Waals surface area contributed by atoms with Crippen LogP contribution in [0.25, 0.3) is 0 Å². The van der Waals surface area contributed by atoms with E-state index in [0.29, 0.717) is 19.5 Å². The largest absolute Gasteiger partial charge is 0.351 e. The minimum atomic E-state index is -3.26. The van der Waals surface area contributed by atoms with Crippen LogP contribution in [0.4, 0.5) is 0 Å². The van der Waals surface area contributed by atoms with Crippen molar-refractivity contribution in [2.45, 2.75) is 78.9 Å². The van der Waals surface area contributed by atoms with Crippen LogP contribution < -0.4 is 5.32 Å². The SMILES string of the molecule is CCN1[C@@H]2CCCC[C@@]2(C(=O)NCc2c(C)nn(CC)c2C)CCS1(=O)=O. The molecule has 1 amide bonds. The first-order chi connectivity index (χ1) is 12.8. The second kappa shape index (κ2) is 7.54. The highest BCUT2D eigenvalue weighted by Gasteiger charge is 2.54. The summed E-state index contributed by atoms with van der Waals surface area (Å²) in [5, 5.41) is 7.66. The number of fused-ring (bicyclic) bond motifs is 1. The predicted molar refractivity (Wildman–Crippen MR) is 105 cm³/mol. The van der Waals surface area contributed by atoms with Crippen LogP contribution in [0.15, 0.2) is 0 Å². The van der Waals surface area contributed by atoms with Crippen molar-refractivity contribution in [1.29, 1.82) is 0 Å². The average molecular weight is 397 g/mol. The van der Waals surface area contributed by atoms with Crippen LogP contribution in [0.1, 0.15) is 62.9 Å². The second-order valence-electron chi connectivity index (χ2n) is 7.83. The van der Waals surface area contributed by atoms with Crippen molar-refractivity contribution in [3.8, 4) is 0 Å². The number of amides is 1. The molecule has 8 heteroatoms. The molecule has 152 valence electrons. The summed E-state index contributed by atoms with van der Waals surface area (Å²) < 4.78 is 28.6. The van der Waals surface area contributed by atoms with Gasteiger partial charge in [0.15, 0.2) is 0 Å². The van der Waals surface area contributed by atoms with Gasteiger partial charge in [0.25, 0.3) is 0 Å². The molecule has 0 unspecified atom stereocenters. The lowest BCUT2D eigenvalue weighted by Gasteiger charge is -2.50. The van der Waals surface area contributed by atoms with Crippen LogP contribution >= 0.6 is 0 Å². The van der Waals surface area contributed by atoms with Crippen molar-refractivity contribution in [1.82, 2.24) is 19.4 Å². The number of carbonyl (C=O) groups is 1. The Labute approximate surface area is 162 Å². The van der Waals surface area contributed by atoms with Crippen molar-refractivity contribution in [3.63, 3.8) is 0 Å². The summed E-state index contributed by atoms with van der Waals surface area (Å²) in [6.07, 6.45) is 3.92. The maximum Gasteiger partial charge on any atom is 0.228 e. The molecule has 1 aliphatic heterocycles. The molecule has 3 rings (SSSR count). The van der Waals surface area contributed by atoms with Crippen LogP contribution in [-0.2, 0) is 27.9 Å². The van der Waals surface area contributed by atoms with Gasteiger partial charge < -0.3 is 5.32 Å². The van der Waals surface area contributed by atoms with Crippen molar-refractivity contribution in [2.24, 2.45) is 5.41 Å². The van der Waals surface area contributed by atoms with Crippen LogP contribution in [0.5, 0.6) is 0 Å². The maximum absolute atomic E-state index is 13.3. The zero-order valence-electron chi connectivity index (χ0n) is 16.9. The van der Waals surface area contributed by atoms with Gasteiger partial charge in [0.05, 0.1) is 16.9 Å². The number of hydrogen-bond acceptors (Lipinski definition) is 4. The molecular weight excluding hydrogens is 364 g/mol. The van der Waals surface area contributed by atoms with Crippen LogP contribution in [0, 0.1) is 19.3 Å². The molecule has 2 heterocycles. The number of nitrogens with zero attached hydrogens (tertiary/aromatic N) is 3. The van der Waals surface area contributed by atoms with E-state index in [9.17, 15) is 13.2 Å². The molecule has 2 aliphatic rings. The van der Waals surface area contributed by atoms with Crippen molar-refractivity contribution in [2.75, 3.05) is 12.3 Å². The Morgan fingerprint density at radius 2 is 1.96 bits per heavy atom. The summed E-state index contributed by atoms with van der Waals surface area (Å²) in [4.78, 5) is 13.3. The van der Waals surface area contributed by atoms with E-state index in [4.69, 9.17) is 0 Å². The summed E-state index contributed by atoms with van der Waals surface area (Å²) in [6.45, 7) is 9.59. The topological polar surface area (TPSA) is 84.3 Å². The fraction of sp³-hybridized carbons (Fsp3) is 0.789. The van der Waals surface area contributed by atoms with E-state index in [0.717, 1.165) is 49.2 Å². The van der Waals surface area contributed by atoms with Gasteiger partial charge in [0.1, 0.15) is 0 Å². The first-order valence-electron chi connectivity index (χ1n) is 10.1. The monoisotopic (exact) mass is 396 g/mol. The lowest BCUT2D eigenvalue weighted by Crippen LogP contribution is -2.62. The third-order valence-corrected chi connectivity index (χ3v) is 8.47. The molecular formula is C19H32N4O3S. The van der Waals surface area contributed by atoms with Gasteiger partial charge in [0.2, 0.25) is 15.9 Å². The molecule has 27 heavy (non-hydrogen) atoms. The molecule has 0 bridgehead atoms. The van der Waals surface area contributed by atoms with Crippen molar-refractivity contribution < 1.29 is 13.2 Å². The summed E-state index contributed by atoms with van der Waals surface area (Å²) in [5.41, 5.74) is 2.48. The number of aryl methyl sites for hydroxylation is 2. The quantitative estimate of drug-likeness (QED) is 0.826. The van der Waals surface area contributed by atoms with Gasteiger partial charge in [-0.2, -0.15) is 9.40 Å². The van der Waals surface area contributed by atoms with E-state index in [2.05, 4.69) is 17.3 Å². The molecule has 0 aromatic carbocycles. The fourth-order valence-electron chi connectivity index (χ4n) is 4.99. The number of nitrogens with one attached hydrogen (secondary N) is 1. The van der Waals surface area contributed by atoms with Gasteiger partial charge >= 0.3 is 0 Å². The summed E-state index contributed by atoms with van der Waals surface area (Å²) in [5.74, 6) is 0.0694. The maximum atomic E-state index is 13.3. The number of sulfonamides is 1. The molecule has 1 saturated carbocycles. The lowest BCUT2D eigenvalue weighted by molar-refractivity contribution is -0.137. The van der Waals surface area contributed by atoms with Gasteiger partial charge in [0, 0.05) is 36.9 Å². The van der Waals surface area contributed by atoms with Crippen LogP contribution in [-0.4, -0.2) is 46.8 Å². The Balaban J connectivity index is 1.83. The summed E-state index contributed by atoms with van der Waals surface area (Å²) >= 11 is 0. The first-order valence-corrected chi connectivity index (χ1v) is 11.7. The molecule has 1 aromatic rings. The molecule has 2 atom stereocenters. The molecule has 1 aromatic heterocycles. The van der Waals surface area contributed by atoms with Gasteiger partial charge in [-0.3, -0.25) is 9.48 Å². The van der Waals surface area contributed by atoms with Crippen LogP contribution in [0.2, 0.25) is 0 Å². The van der Waals surface area contributed by atoms with Gasteiger partial charge in [-0.1, -0.05) is 19.8 Å². The highest BCUT2D eigenvalue weighted by Crippen LogP contribution is 2.46. The van der Waals surface area contributed by atoms with E-state index in [1.54, 1.807) is 4.31 Å². The van der Waals surface area contributed by atoms with Gasteiger partial charge in [-0.15, -0.1) is 0 Å². The van der Waals surface area contributed by atoms with Crippen molar-refractivity contribution in [3.05, 3.63) is 17.0 Å². The zero-order chi connectivity index (χ0) is 19.8. The summed E-state index contributed by atoms with van der Waals surface area (Å²) in [7, 11) is -3.26. The Morgan fingerprint density at radius 3 is 2.59 bits per heavy atom. The Kier molecular flexibility index (Phi) is 5.68. The molecule has 0 radical (unpaired) electrons. The van der Waals surface area contributed by atoms with E-state index >= 15 is 0 Å². The first kappa shape index (κ1) is 20.3. The minimum Gasteiger partial charge on any atom is -0.351 e. The highest BCUT2D eigenvalue weighted by molar-refractivity contribution is 7.89. The zero-order valence-corrected chi connectivity index (χ0v) is 17.7. The number of carbonyl (C=O) groups excluding carboxylic acids is 1. The highest BCUT2D eigenvalue weighted by atomic mass is 32.2. The number of hydrogen-bond donors (Lipinski definition) is 1. The lowest BCUT2D eigenvalue weighted by atomic mass is 9.67. The number of rotatable bonds is 5. The van der Waals surface area contributed by atoms with Gasteiger partial charge in [-0.25, -0.2) is 8.42 Å². The van der Waals surface area contributed by atoms with E-state index in [-0.39, 0.29) is 17.7 Å². The van der Waals surface area contributed by atoms with Crippen molar-refractivity contribution >= 4 is 15.9 Å². The van der Waals surface area contributed by atoms with E-state index in [1.807, 2.05) is 25.5 Å². The third-order valence-electron chi connectivity index (χ3n) is 6.52. The molecule has 1 N–H and O–H groups in total. The standard InChI is InChI=1S/C19H32N4O3S/c1-5-22-15(4)16(14(3)21-22)13-20-18(24)19-10-8-7-9-17(19)23(6-2)27(25,26)12-11-19/h17H,5-13H2,1-4H3,(H,20,24)/t17-,19-/m1/s1. The Hall–Kier alpha value is -1.41. The van der Waals surface area contributed by atoms with Gasteiger partial charge in [-0.05, 0) is 40.0 Å². The average Bonchev–Trinajstić information content (AvgIpc) is 2.92. The van der Waals surface area contributed by atoms with E-state index in [1.165, 1.54) is 0 Å². The Morgan fingerprint density at radius 1 is 1.22 bits per heavy atom. The number of aromatic nitrogens is 2. The molecule has 1 aliphatic carbocycles. The smallest absolute Gasteiger partial charge is 0.228 e. The summed E-state index contributed by atoms with van der Waals surface area (Å²) in [6, 6.07) is -0.212. The normalized spacial score (nSPS) is 27.9. The fourth-order valence-corrected chi connectivity index (χ4v) is 6.94. The third kappa shape index (κ3) is 3.42. The molecule has 2 fully saturated rings. The second-order valence-corrected chi connectivity index (χ2v) is 9.88. The van der Waals surface area contributed by atoms with E-state index < -0.39 is 15.4 Å². The Bertz CT molecular complexity index is 817.